The number of aliphatic carboxylic acids is 1. The molecule has 0 unspecified atom stereocenters. The second-order valence-electron chi connectivity index (χ2n) is 3.30. The monoisotopic (exact) mass is 223 g/mol. The summed E-state index contributed by atoms with van der Waals surface area (Å²) in [6, 6.07) is 2.71. The third kappa shape index (κ3) is 2.41. The van der Waals surface area contributed by atoms with Crippen molar-refractivity contribution in [2.45, 2.75) is 13.3 Å². The van der Waals surface area contributed by atoms with Crippen LogP contribution in [0, 0.1) is 17.0 Å². The van der Waals surface area contributed by atoms with Crippen LogP contribution in [0.4, 0.5) is 5.69 Å². The lowest BCUT2D eigenvalue weighted by atomic mass is 10.0. The topological polar surface area (TPSA) is 97.5 Å². The standard InChI is InChI=1S/C10H9NO5/c1-6-2-7(4-10(13)14)8(5-12)9(3-6)11(15)16/h2-3,5H,4H2,1H3,(H,13,14). The Hall–Kier alpha value is -2.24. The van der Waals surface area contributed by atoms with Gasteiger partial charge in [-0.25, -0.2) is 0 Å². The second kappa shape index (κ2) is 4.52. The highest BCUT2D eigenvalue weighted by Gasteiger charge is 2.19. The third-order valence-electron chi connectivity index (χ3n) is 2.04. The minimum Gasteiger partial charge on any atom is -0.481 e. The van der Waals surface area contributed by atoms with Gasteiger partial charge < -0.3 is 5.11 Å². The van der Waals surface area contributed by atoms with Gasteiger partial charge in [-0.2, -0.15) is 0 Å². The molecule has 0 saturated heterocycles. The zero-order valence-electron chi connectivity index (χ0n) is 8.47. The molecule has 16 heavy (non-hydrogen) atoms. The minimum atomic E-state index is -1.14. The maximum absolute atomic E-state index is 10.7. The number of aldehydes is 1. The number of carboxylic acids is 1. The van der Waals surface area contributed by atoms with E-state index in [2.05, 4.69) is 0 Å². The summed E-state index contributed by atoms with van der Waals surface area (Å²) in [7, 11) is 0. The number of nitrogens with zero attached hydrogens (tertiary/aromatic N) is 1. The molecule has 0 aliphatic rings. The van der Waals surface area contributed by atoms with Crippen molar-refractivity contribution < 1.29 is 19.6 Å². The molecule has 1 aromatic carbocycles. The Morgan fingerprint density at radius 1 is 1.56 bits per heavy atom. The lowest BCUT2D eigenvalue weighted by molar-refractivity contribution is -0.385. The van der Waals surface area contributed by atoms with E-state index in [0.29, 0.717) is 11.8 Å². The molecule has 6 nitrogen and oxygen atoms in total. The highest BCUT2D eigenvalue weighted by Crippen LogP contribution is 2.23. The van der Waals surface area contributed by atoms with Crippen LogP contribution in [-0.4, -0.2) is 22.3 Å². The van der Waals surface area contributed by atoms with Gasteiger partial charge in [-0.1, -0.05) is 6.07 Å². The summed E-state index contributed by atoms with van der Waals surface area (Å²) in [5.41, 5.74) is 0.187. The molecule has 1 N–H and O–H groups in total. The SMILES string of the molecule is Cc1cc(CC(=O)O)c(C=O)c([N+](=O)[O-])c1. The predicted octanol–water partition coefficient (Wildman–Crippen LogP) is 1.34. The van der Waals surface area contributed by atoms with E-state index < -0.39 is 17.3 Å². The molecule has 1 aromatic rings. The van der Waals surface area contributed by atoms with E-state index in [4.69, 9.17) is 5.11 Å². The van der Waals surface area contributed by atoms with Crippen LogP contribution in [0.25, 0.3) is 0 Å². The Kier molecular flexibility index (Phi) is 3.34. The molecule has 0 aliphatic heterocycles. The summed E-state index contributed by atoms with van der Waals surface area (Å²) in [4.78, 5) is 31.3. The fraction of sp³-hybridized carbons (Fsp3) is 0.200. The molecule has 0 radical (unpaired) electrons. The fourth-order valence-electron chi connectivity index (χ4n) is 1.45. The number of nitro groups is 1. The quantitative estimate of drug-likeness (QED) is 0.472. The number of carbonyl (C=O) groups is 2. The average Bonchev–Trinajstić information content (AvgIpc) is 2.15. The van der Waals surface area contributed by atoms with Gasteiger partial charge in [0.2, 0.25) is 0 Å². The van der Waals surface area contributed by atoms with Crippen molar-refractivity contribution in [3.8, 4) is 0 Å². The van der Waals surface area contributed by atoms with Gasteiger partial charge in [0.15, 0.2) is 6.29 Å². The molecule has 0 atom stereocenters. The van der Waals surface area contributed by atoms with Gasteiger partial charge in [0.1, 0.15) is 0 Å². The van der Waals surface area contributed by atoms with E-state index in [1.807, 2.05) is 0 Å². The van der Waals surface area contributed by atoms with Crippen LogP contribution in [0.1, 0.15) is 21.5 Å². The van der Waals surface area contributed by atoms with Gasteiger partial charge >= 0.3 is 5.97 Å². The molecule has 0 bridgehead atoms. The largest absolute Gasteiger partial charge is 0.481 e. The van der Waals surface area contributed by atoms with Crippen LogP contribution in [0.15, 0.2) is 12.1 Å². The highest BCUT2D eigenvalue weighted by molar-refractivity contribution is 5.86. The number of aryl methyl sites for hydroxylation is 1. The van der Waals surface area contributed by atoms with Gasteiger partial charge in [0.05, 0.1) is 16.9 Å². The normalized spacial score (nSPS) is 9.81. The first kappa shape index (κ1) is 11.8. The smallest absolute Gasteiger partial charge is 0.307 e. The van der Waals surface area contributed by atoms with E-state index in [1.54, 1.807) is 6.92 Å². The first-order chi connectivity index (χ1) is 7.45. The number of benzene rings is 1. The van der Waals surface area contributed by atoms with Crippen LogP contribution >= 0.6 is 0 Å². The zero-order chi connectivity index (χ0) is 12.3. The zero-order valence-corrected chi connectivity index (χ0v) is 8.47. The summed E-state index contributed by atoms with van der Waals surface area (Å²) in [5, 5.41) is 19.3. The van der Waals surface area contributed by atoms with Crippen LogP contribution in [0.3, 0.4) is 0 Å². The van der Waals surface area contributed by atoms with Crippen LogP contribution in [-0.2, 0) is 11.2 Å². The van der Waals surface area contributed by atoms with Gasteiger partial charge in [0, 0.05) is 6.07 Å². The van der Waals surface area contributed by atoms with E-state index in [1.165, 1.54) is 12.1 Å². The van der Waals surface area contributed by atoms with Crippen LogP contribution < -0.4 is 0 Å². The lowest BCUT2D eigenvalue weighted by Crippen LogP contribution is -2.06. The van der Waals surface area contributed by atoms with Crippen molar-refractivity contribution in [1.82, 2.24) is 0 Å². The Morgan fingerprint density at radius 2 is 2.19 bits per heavy atom. The van der Waals surface area contributed by atoms with Crippen molar-refractivity contribution >= 4 is 17.9 Å². The summed E-state index contributed by atoms with van der Waals surface area (Å²) < 4.78 is 0. The van der Waals surface area contributed by atoms with Crippen LogP contribution in [0.2, 0.25) is 0 Å². The van der Waals surface area contributed by atoms with E-state index >= 15 is 0 Å². The van der Waals surface area contributed by atoms with E-state index in [9.17, 15) is 19.7 Å². The molecular weight excluding hydrogens is 214 g/mol. The molecule has 6 heteroatoms. The van der Waals surface area contributed by atoms with Crippen molar-refractivity contribution in [3.63, 3.8) is 0 Å². The van der Waals surface area contributed by atoms with Crippen molar-refractivity contribution in [2.75, 3.05) is 0 Å². The minimum absolute atomic E-state index is 0.161. The molecule has 0 amide bonds. The molecule has 84 valence electrons. The van der Waals surface area contributed by atoms with Gasteiger partial charge in [-0.3, -0.25) is 19.7 Å². The molecule has 0 heterocycles. The molecule has 1 rings (SSSR count). The number of nitro benzene ring substituents is 1. The highest BCUT2D eigenvalue weighted by atomic mass is 16.6. The number of hydrogen-bond acceptors (Lipinski definition) is 4. The van der Waals surface area contributed by atoms with Crippen LogP contribution in [0.5, 0.6) is 0 Å². The Bertz CT molecular complexity index is 467. The molecule has 0 fully saturated rings. The van der Waals surface area contributed by atoms with Crippen molar-refractivity contribution in [3.05, 3.63) is 38.9 Å². The third-order valence-corrected chi connectivity index (χ3v) is 2.04. The predicted molar refractivity (Wildman–Crippen MR) is 54.6 cm³/mol. The molecule has 0 spiro atoms. The molecule has 0 aliphatic carbocycles. The fourth-order valence-corrected chi connectivity index (χ4v) is 1.45. The molecular formula is C10H9NO5. The lowest BCUT2D eigenvalue weighted by Gasteiger charge is -2.04. The Balaban J connectivity index is 3.41. The van der Waals surface area contributed by atoms with Gasteiger partial charge in [-0.05, 0) is 18.1 Å². The number of rotatable bonds is 4. The maximum atomic E-state index is 10.7. The van der Waals surface area contributed by atoms with Gasteiger partial charge in [0.25, 0.3) is 5.69 Å². The summed E-state index contributed by atoms with van der Waals surface area (Å²) in [5.74, 6) is -1.14. The van der Waals surface area contributed by atoms with E-state index in [-0.39, 0.29) is 16.8 Å². The summed E-state index contributed by atoms with van der Waals surface area (Å²) in [6.45, 7) is 1.60. The summed E-state index contributed by atoms with van der Waals surface area (Å²) in [6.07, 6.45) is -0.0908. The molecule has 0 saturated carbocycles. The second-order valence-corrected chi connectivity index (χ2v) is 3.30. The maximum Gasteiger partial charge on any atom is 0.307 e. The summed E-state index contributed by atoms with van der Waals surface area (Å²) >= 11 is 0. The number of carboxylic acid groups (broad SMARTS) is 1. The van der Waals surface area contributed by atoms with E-state index in [0.717, 1.165) is 0 Å². The van der Waals surface area contributed by atoms with Crippen molar-refractivity contribution in [1.29, 1.82) is 0 Å². The molecule has 0 aromatic heterocycles. The Morgan fingerprint density at radius 3 is 2.62 bits per heavy atom. The Labute approximate surface area is 90.7 Å². The van der Waals surface area contributed by atoms with Gasteiger partial charge in [-0.15, -0.1) is 0 Å². The van der Waals surface area contributed by atoms with Crippen molar-refractivity contribution in [2.24, 2.45) is 0 Å². The average molecular weight is 223 g/mol. The first-order valence-corrected chi connectivity index (χ1v) is 4.40. The number of carbonyl (C=O) groups excluding carboxylic acids is 1. The first-order valence-electron chi connectivity index (χ1n) is 4.40. The number of hydrogen-bond donors (Lipinski definition) is 1.